The Morgan fingerprint density at radius 1 is 1.18 bits per heavy atom. The van der Waals surface area contributed by atoms with E-state index in [2.05, 4.69) is 29.2 Å². The van der Waals surface area contributed by atoms with E-state index in [4.69, 9.17) is 4.74 Å². The van der Waals surface area contributed by atoms with E-state index in [1.807, 2.05) is 0 Å². The number of morpholine rings is 1. The number of aryl methyl sites for hydroxylation is 1. The Morgan fingerprint density at radius 3 is 2.88 bits per heavy atom. The molecule has 92 valence electrons. The molecule has 0 saturated carbocycles. The number of hydrogen-bond donors (Lipinski definition) is 0. The largest absolute Gasteiger partial charge is 0.379 e. The Balaban J connectivity index is 1.56. The third-order valence-corrected chi connectivity index (χ3v) is 4.15. The minimum Gasteiger partial charge on any atom is -0.379 e. The maximum Gasteiger partial charge on any atom is 0.0594 e. The molecule has 0 radical (unpaired) electrons. The summed E-state index contributed by atoms with van der Waals surface area (Å²) in [6, 6.07) is 8.98. The van der Waals surface area contributed by atoms with Crippen LogP contribution in [0.2, 0.25) is 0 Å². The highest BCUT2D eigenvalue weighted by atomic mass is 16.5. The summed E-state index contributed by atoms with van der Waals surface area (Å²) in [5.41, 5.74) is 3.19. The topological polar surface area (TPSA) is 12.5 Å². The number of hydrogen-bond acceptors (Lipinski definition) is 2. The third-order valence-electron chi connectivity index (χ3n) is 4.15. The molecule has 0 N–H and O–H groups in total. The molecule has 0 spiro atoms. The van der Waals surface area contributed by atoms with Gasteiger partial charge in [0.15, 0.2) is 0 Å². The van der Waals surface area contributed by atoms with Crippen molar-refractivity contribution >= 4 is 0 Å². The minimum atomic E-state index is 0.800. The van der Waals surface area contributed by atoms with E-state index >= 15 is 0 Å². The summed E-state index contributed by atoms with van der Waals surface area (Å²) in [5.74, 6) is 0.800. The maximum absolute atomic E-state index is 5.39. The lowest BCUT2D eigenvalue weighted by Crippen LogP contribution is -2.37. The molecule has 1 aliphatic carbocycles. The summed E-state index contributed by atoms with van der Waals surface area (Å²) in [4.78, 5) is 2.55. The van der Waals surface area contributed by atoms with Crippen LogP contribution in [0.3, 0.4) is 0 Å². The standard InChI is InChI=1S/C15H21NO/c1-2-4-15-13(3-1)5-6-14(15)7-8-16-9-11-17-12-10-16/h1-4,14H,5-12H2. The lowest BCUT2D eigenvalue weighted by atomic mass is 9.97. The monoisotopic (exact) mass is 231 g/mol. The van der Waals surface area contributed by atoms with Crippen LogP contribution in [-0.2, 0) is 11.2 Å². The lowest BCUT2D eigenvalue weighted by molar-refractivity contribution is 0.0366. The van der Waals surface area contributed by atoms with Crippen LogP contribution >= 0.6 is 0 Å². The molecule has 1 heterocycles. The van der Waals surface area contributed by atoms with Gasteiger partial charge >= 0.3 is 0 Å². The number of fused-ring (bicyclic) bond motifs is 1. The van der Waals surface area contributed by atoms with Gasteiger partial charge in [0.05, 0.1) is 13.2 Å². The molecule has 2 heteroatoms. The SMILES string of the molecule is c1ccc2c(c1)CCC2CCN1CCOCC1. The van der Waals surface area contributed by atoms with E-state index in [0.29, 0.717) is 0 Å². The second-order valence-electron chi connectivity index (χ2n) is 5.18. The van der Waals surface area contributed by atoms with Gasteiger partial charge in [-0.15, -0.1) is 0 Å². The number of rotatable bonds is 3. The van der Waals surface area contributed by atoms with E-state index < -0.39 is 0 Å². The number of nitrogens with zero attached hydrogens (tertiary/aromatic N) is 1. The van der Waals surface area contributed by atoms with Crippen LogP contribution in [0.15, 0.2) is 24.3 Å². The van der Waals surface area contributed by atoms with Gasteiger partial charge in [0.2, 0.25) is 0 Å². The molecule has 1 aromatic carbocycles. The average molecular weight is 231 g/mol. The summed E-state index contributed by atoms with van der Waals surface area (Å²) in [6.07, 6.45) is 3.95. The van der Waals surface area contributed by atoms with E-state index in [1.54, 1.807) is 11.1 Å². The van der Waals surface area contributed by atoms with Gasteiger partial charge in [0, 0.05) is 13.1 Å². The molecule has 0 aromatic heterocycles. The van der Waals surface area contributed by atoms with Gasteiger partial charge in [-0.1, -0.05) is 24.3 Å². The molecule has 1 atom stereocenters. The van der Waals surface area contributed by atoms with Crippen molar-refractivity contribution in [3.8, 4) is 0 Å². The van der Waals surface area contributed by atoms with Gasteiger partial charge in [-0.25, -0.2) is 0 Å². The molecular weight excluding hydrogens is 210 g/mol. The first-order valence-corrected chi connectivity index (χ1v) is 6.81. The summed E-state index contributed by atoms with van der Waals surface area (Å²) in [7, 11) is 0. The summed E-state index contributed by atoms with van der Waals surface area (Å²) in [6.45, 7) is 5.31. The fourth-order valence-corrected chi connectivity index (χ4v) is 3.11. The van der Waals surface area contributed by atoms with Crippen molar-refractivity contribution in [2.75, 3.05) is 32.8 Å². The second kappa shape index (κ2) is 5.19. The average Bonchev–Trinajstić information content (AvgIpc) is 2.81. The molecule has 2 aliphatic rings. The maximum atomic E-state index is 5.39. The van der Waals surface area contributed by atoms with Gasteiger partial charge in [-0.2, -0.15) is 0 Å². The van der Waals surface area contributed by atoms with Gasteiger partial charge in [0.1, 0.15) is 0 Å². The van der Waals surface area contributed by atoms with Gasteiger partial charge in [-0.05, 0) is 42.9 Å². The normalized spacial score (nSPS) is 24.8. The fourth-order valence-electron chi connectivity index (χ4n) is 3.11. The van der Waals surface area contributed by atoms with Crippen molar-refractivity contribution in [2.45, 2.75) is 25.2 Å². The Morgan fingerprint density at radius 2 is 2.00 bits per heavy atom. The molecule has 1 aliphatic heterocycles. The molecule has 1 fully saturated rings. The smallest absolute Gasteiger partial charge is 0.0594 e. The molecule has 1 unspecified atom stereocenters. The van der Waals surface area contributed by atoms with Crippen molar-refractivity contribution in [3.63, 3.8) is 0 Å². The fraction of sp³-hybridized carbons (Fsp3) is 0.600. The molecule has 0 amide bonds. The first kappa shape index (κ1) is 11.2. The zero-order chi connectivity index (χ0) is 11.5. The quantitative estimate of drug-likeness (QED) is 0.792. The summed E-state index contributed by atoms with van der Waals surface area (Å²) < 4.78 is 5.39. The van der Waals surface area contributed by atoms with Gasteiger partial charge in [-0.3, -0.25) is 4.90 Å². The second-order valence-corrected chi connectivity index (χ2v) is 5.18. The van der Waals surface area contributed by atoms with Crippen LogP contribution in [0.5, 0.6) is 0 Å². The predicted octanol–water partition coefficient (Wildman–Crippen LogP) is 2.44. The first-order chi connectivity index (χ1) is 8.43. The van der Waals surface area contributed by atoms with Crippen molar-refractivity contribution in [1.82, 2.24) is 4.90 Å². The molecule has 0 bridgehead atoms. The van der Waals surface area contributed by atoms with Crippen molar-refractivity contribution in [3.05, 3.63) is 35.4 Å². The third kappa shape index (κ3) is 2.53. The van der Waals surface area contributed by atoms with E-state index in [0.717, 1.165) is 32.2 Å². The van der Waals surface area contributed by atoms with Crippen molar-refractivity contribution < 1.29 is 4.74 Å². The molecule has 3 rings (SSSR count). The first-order valence-electron chi connectivity index (χ1n) is 6.81. The summed E-state index contributed by atoms with van der Waals surface area (Å²) >= 11 is 0. The van der Waals surface area contributed by atoms with Crippen molar-refractivity contribution in [1.29, 1.82) is 0 Å². The van der Waals surface area contributed by atoms with E-state index in [-0.39, 0.29) is 0 Å². The van der Waals surface area contributed by atoms with Crippen LogP contribution in [0, 0.1) is 0 Å². The van der Waals surface area contributed by atoms with E-state index in [9.17, 15) is 0 Å². The predicted molar refractivity (Wildman–Crippen MR) is 69.4 cm³/mol. The van der Waals surface area contributed by atoms with Crippen LogP contribution in [0.4, 0.5) is 0 Å². The molecular formula is C15H21NO. The zero-order valence-corrected chi connectivity index (χ0v) is 10.4. The van der Waals surface area contributed by atoms with Crippen molar-refractivity contribution in [2.24, 2.45) is 0 Å². The number of benzene rings is 1. The zero-order valence-electron chi connectivity index (χ0n) is 10.4. The minimum absolute atomic E-state index is 0.800. The van der Waals surface area contributed by atoms with Gasteiger partial charge < -0.3 is 4.74 Å². The Labute approximate surface area is 104 Å². The Bertz CT molecular complexity index is 371. The van der Waals surface area contributed by atoms with E-state index in [1.165, 1.54) is 25.8 Å². The molecule has 1 saturated heterocycles. The highest BCUT2D eigenvalue weighted by Gasteiger charge is 2.22. The highest BCUT2D eigenvalue weighted by Crippen LogP contribution is 2.35. The van der Waals surface area contributed by atoms with Crippen LogP contribution < -0.4 is 0 Å². The van der Waals surface area contributed by atoms with Crippen LogP contribution in [-0.4, -0.2) is 37.7 Å². The Hall–Kier alpha value is -0.860. The number of ether oxygens (including phenoxy) is 1. The van der Waals surface area contributed by atoms with Crippen LogP contribution in [0.1, 0.15) is 29.9 Å². The molecule has 17 heavy (non-hydrogen) atoms. The Kier molecular flexibility index (Phi) is 3.44. The molecule has 1 aromatic rings. The lowest BCUT2D eigenvalue weighted by Gasteiger charge is -2.27. The highest BCUT2D eigenvalue weighted by molar-refractivity contribution is 5.34. The summed E-state index contributed by atoms with van der Waals surface area (Å²) in [5, 5.41) is 0. The van der Waals surface area contributed by atoms with Gasteiger partial charge in [0.25, 0.3) is 0 Å². The molecule has 2 nitrogen and oxygen atoms in total. The van der Waals surface area contributed by atoms with Crippen LogP contribution in [0.25, 0.3) is 0 Å².